The summed E-state index contributed by atoms with van der Waals surface area (Å²) < 4.78 is 5.82. The molecule has 0 fully saturated rings. The Hall–Kier alpha value is -3.93. The number of H-pyrrole nitrogens is 1. The second kappa shape index (κ2) is 13.4. The van der Waals surface area contributed by atoms with E-state index in [0.717, 1.165) is 6.54 Å². The molecular weight excluding hydrogens is 478 g/mol. The molecule has 0 radical (unpaired) electrons. The van der Waals surface area contributed by atoms with E-state index >= 15 is 0 Å². The number of hydrogen-bond acceptors (Lipinski definition) is 7. The Kier molecular flexibility index (Phi) is 10.0. The number of likely N-dealkylation sites (N-methyl/N-ethyl adjacent to an activating group) is 1. The zero-order valence-corrected chi connectivity index (χ0v) is 21.5. The lowest BCUT2D eigenvalue weighted by Crippen LogP contribution is -2.53. The second-order valence-electron chi connectivity index (χ2n) is 9.18. The Balaban J connectivity index is 1.84. The van der Waals surface area contributed by atoms with Crippen LogP contribution in [0.5, 0.6) is 5.75 Å². The molecule has 3 rings (SSSR count). The largest absolute Gasteiger partial charge is 0.491 e. The van der Waals surface area contributed by atoms with Crippen molar-refractivity contribution in [1.82, 2.24) is 35.7 Å². The van der Waals surface area contributed by atoms with Gasteiger partial charge in [-0.15, -0.1) is 0 Å². The topological polar surface area (TPSA) is 149 Å². The smallest absolute Gasteiger partial charge is 0.255 e. The summed E-state index contributed by atoms with van der Waals surface area (Å²) in [4.78, 5) is 62.7. The molecule has 0 saturated heterocycles. The number of aromatic nitrogens is 2. The van der Waals surface area contributed by atoms with Crippen molar-refractivity contribution in [2.24, 2.45) is 0 Å². The van der Waals surface area contributed by atoms with E-state index in [9.17, 15) is 19.2 Å². The number of hydrogen-bond donors (Lipinski definition) is 4. The lowest BCUT2D eigenvalue weighted by molar-refractivity contribution is -0.136. The van der Waals surface area contributed by atoms with Gasteiger partial charge in [-0.3, -0.25) is 19.2 Å². The zero-order valence-electron chi connectivity index (χ0n) is 21.5. The lowest BCUT2D eigenvalue weighted by atomic mass is 10.1. The first-order valence-electron chi connectivity index (χ1n) is 12.2. The van der Waals surface area contributed by atoms with Gasteiger partial charge in [0.25, 0.3) is 5.91 Å². The van der Waals surface area contributed by atoms with Gasteiger partial charge in [0.05, 0.1) is 24.9 Å². The summed E-state index contributed by atoms with van der Waals surface area (Å²) in [6, 6.07) is 4.59. The van der Waals surface area contributed by atoms with Gasteiger partial charge in [-0.2, -0.15) is 0 Å². The maximum Gasteiger partial charge on any atom is 0.255 e. The van der Waals surface area contributed by atoms with Gasteiger partial charge in [0.15, 0.2) is 0 Å². The molecule has 37 heavy (non-hydrogen) atoms. The van der Waals surface area contributed by atoms with Gasteiger partial charge in [-0.05, 0) is 39.2 Å². The number of imidazole rings is 1. The van der Waals surface area contributed by atoms with Gasteiger partial charge in [-0.25, -0.2) is 4.98 Å². The van der Waals surface area contributed by atoms with Crippen LogP contribution in [-0.2, 0) is 20.8 Å². The van der Waals surface area contributed by atoms with Gasteiger partial charge < -0.3 is 35.5 Å². The van der Waals surface area contributed by atoms with Gasteiger partial charge in [0.1, 0.15) is 24.4 Å². The standard InChI is InChI=1S/C25H35N7O5/c1-31(2)10-6-9-27-24(35)19-14-22(33)29-20(13-17-15-26-16-28-17)25(36)32(3)11-12-37-21-8-5-4-7-18(21)23(34)30-19/h4-5,7-8,15-16,19-20H,6,9-14H2,1-3H3,(H,26,28)(H,27,35)(H,29,33)(H,30,34)/t19-,20-/m0/s1. The molecule has 2 atom stereocenters. The third kappa shape index (κ3) is 8.31. The van der Waals surface area contributed by atoms with E-state index in [-0.39, 0.29) is 37.5 Å². The molecule has 12 nitrogen and oxygen atoms in total. The van der Waals surface area contributed by atoms with Crippen LogP contribution >= 0.6 is 0 Å². The molecule has 4 amide bonds. The number of amides is 4. The number of ether oxygens (including phenoxy) is 1. The second-order valence-corrected chi connectivity index (χ2v) is 9.18. The predicted octanol–water partition coefficient (Wildman–Crippen LogP) is -0.456. The molecule has 12 heteroatoms. The minimum Gasteiger partial charge on any atom is -0.491 e. The van der Waals surface area contributed by atoms with E-state index < -0.39 is 29.8 Å². The predicted molar refractivity (Wildman–Crippen MR) is 136 cm³/mol. The number of aromatic amines is 1. The molecule has 0 spiro atoms. The first-order chi connectivity index (χ1) is 17.7. The average molecular weight is 514 g/mol. The third-order valence-corrected chi connectivity index (χ3v) is 5.90. The van der Waals surface area contributed by atoms with Crippen LogP contribution in [0, 0.1) is 0 Å². The minimum atomic E-state index is -1.15. The Labute approximate surface area is 216 Å². The summed E-state index contributed by atoms with van der Waals surface area (Å²) >= 11 is 0. The van der Waals surface area contributed by atoms with Crippen LogP contribution in [0.15, 0.2) is 36.8 Å². The monoisotopic (exact) mass is 513 g/mol. The quantitative estimate of drug-likeness (QED) is 0.366. The molecule has 0 aliphatic carbocycles. The Bertz CT molecular complexity index is 1070. The van der Waals surface area contributed by atoms with Crippen LogP contribution in [0.25, 0.3) is 0 Å². The Morgan fingerprint density at radius 1 is 1.22 bits per heavy atom. The molecule has 0 bridgehead atoms. The van der Waals surface area contributed by atoms with Crippen molar-refractivity contribution < 1.29 is 23.9 Å². The van der Waals surface area contributed by atoms with Crippen LogP contribution in [0.1, 0.15) is 28.9 Å². The SMILES string of the molecule is CN(C)CCCNC(=O)[C@@H]1CC(=O)N[C@@H](Cc2cnc[nH]2)C(=O)N(C)CCOc2ccccc2C(=O)N1. The number of nitrogens with zero attached hydrogens (tertiary/aromatic N) is 3. The number of para-hydroxylation sites is 1. The van der Waals surface area contributed by atoms with Gasteiger partial charge in [-0.1, -0.05) is 12.1 Å². The number of rotatable bonds is 7. The maximum atomic E-state index is 13.2. The molecule has 2 aromatic rings. The third-order valence-electron chi connectivity index (χ3n) is 5.90. The molecule has 200 valence electrons. The van der Waals surface area contributed by atoms with E-state index in [0.29, 0.717) is 24.4 Å². The lowest BCUT2D eigenvalue weighted by Gasteiger charge is -2.26. The average Bonchev–Trinajstić information content (AvgIpc) is 3.38. The van der Waals surface area contributed by atoms with Crippen LogP contribution < -0.4 is 20.7 Å². The fourth-order valence-electron chi connectivity index (χ4n) is 3.88. The van der Waals surface area contributed by atoms with Crippen LogP contribution in [0.4, 0.5) is 0 Å². The summed E-state index contributed by atoms with van der Waals surface area (Å²) in [5, 5.41) is 8.20. The van der Waals surface area contributed by atoms with Crippen molar-refractivity contribution in [3.8, 4) is 5.75 Å². The normalized spacial score (nSPS) is 19.4. The molecule has 1 aromatic carbocycles. The molecule has 2 heterocycles. The molecule has 1 aromatic heterocycles. The van der Waals surface area contributed by atoms with Crippen molar-refractivity contribution in [3.63, 3.8) is 0 Å². The maximum absolute atomic E-state index is 13.2. The fourth-order valence-corrected chi connectivity index (χ4v) is 3.88. The Morgan fingerprint density at radius 3 is 2.73 bits per heavy atom. The van der Waals surface area contributed by atoms with E-state index in [1.165, 1.54) is 11.2 Å². The highest BCUT2D eigenvalue weighted by Crippen LogP contribution is 2.18. The van der Waals surface area contributed by atoms with Crippen molar-refractivity contribution in [1.29, 1.82) is 0 Å². The minimum absolute atomic E-state index is 0.132. The van der Waals surface area contributed by atoms with Crippen molar-refractivity contribution >= 4 is 23.6 Å². The van der Waals surface area contributed by atoms with E-state index in [1.54, 1.807) is 37.5 Å². The van der Waals surface area contributed by atoms with Crippen LogP contribution in [0.3, 0.4) is 0 Å². The summed E-state index contributed by atoms with van der Waals surface area (Å²) in [6.07, 6.45) is 3.62. The summed E-state index contributed by atoms with van der Waals surface area (Å²) in [6.45, 7) is 1.53. The molecule has 0 saturated carbocycles. The Morgan fingerprint density at radius 2 is 2.00 bits per heavy atom. The first-order valence-corrected chi connectivity index (χ1v) is 12.2. The van der Waals surface area contributed by atoms with Crippen LogP contribution in [-0.4, -0.2) is 103 Å². The molecule has 1 aliphatic rings. The zero-order chi connectivity index (χ0) is 26.8. The van der Waals surface area contributed by atoms with Gasteiger partial charge in [0.2, 0.25) is 17.7 Å². The summed E-state index contributed by atoms with van der Waals surface area (Å²) in [5.74, 6) is -1.55. The molecular formula is C25H35N7O5. The van der Waals surface area contributed by atoms with Crippen molar-refractivity contribution in [2.45, 2.75) is 31.3 Å². The van der Waals surface area contributed by atoms with Gasteiger partial charge in [0, 0.05) is 31.9 Å². The van der Waals surface area contributed by atoms with E-state index in [4.69, 9.17) is 4.74 Å². The highest BCUT2D eigenvalue weighted by Gasteiger charge is 2.30. The highest BCUT2D eigenvalue weighted by molar-refractivity contribution is 6.01. The van der Waals surface area contributed by atoms with Gasteiger partial charge >= 0.3 is 0 Å². The van der Waals surface area contributed by atoms with E-state index in [2.05, 4.69) is 25.9 Å². The fraction of sp³-hybridized carbons (Fsp3) is 0.480. The highest BCUT2D eigenvalue weighted by atomic mass is 16.5. The number of nitrogens with one attached hydrogen (secondary N) is 4. The first kappa shape index (κ1) is 27.7. The van der Waals surface area contributed by atoms with E-state index in [1.807, 2.05) is 19.0 Å². The number of fused-ring (bicyclic) bond motifs is 1. The molecule has 4 N–H and O–H groups in total. The number of carbonyl (C=O) groups is 4. The number of carbonyl (C=O) groups excluding carboxylic acids is 4. The van der Waals surface area contributed by atoms with Crippen molar-refractivity contribution in [3.05, 3.63) is 48.0 Å². The number of benzene rings is 1. The molecule has 1 aliphatic heterocycles. The molecule has 0 unspecified atom stereocenters. The van der Waals surface area contributed by atoms with Crippen LogP contribution in [0.2, 0.25) is 0 Å². The summed E-state index contributed by atoms with van der Waals surface area (Å²) in [7, 11) is 5.48. The summed E-state index contributed by atoms with van der Waals surface area (Å²) in [5.41, 5.74) is 0.901. The van der Waals surface area contributed by atoms with Crippen molar-refractivity contribution in [2.75, 3.05) is 47.4 Å².